The second-order valence-corrected chi connectivity index (χ2v) is 4.95. The fourth-order valence-electron chi connectivity index (χ4n) is 2.29. The van der Waals surface area contributed by atoms with E-state index in [9.17, 15) is 13.2 Å². The van der Waals surface area contributed by atoms with Crippen molar-refractivity contribution in [2.75, 3.05) is 12.4 Å². The summed E-state index contributed by atoms with van der Waals surface area (Å²) in [5.41, 5.74) is 1.05. The van der Waals surface area contributed by atoms with Crippen LogP contribution in [-0.4, -0.2) is 12.1 Å². The number of nitrogens with one attached hydrogen (secondary N) is 1. The second-order valence-electron chi connectivity index (χ2n) is 4.95. The minimum absolute atomic E-state index is 0.364. The molecule has 0 aliphatic rings. The highest BCUT2D eigenvalue weighted by Gasteiger charge is 2.30. The molecule has 118 valence electrons. The van der Waals surface area contributed by atoms with E-state index in [1.165, 1.54) is 6.07 Å². The zero-order chi connectivity index (χ0) is 16.4. The van der Waals surface area contributed by atoms with Gasteiger partial charge >= 0.3 is 6.18 Å². The van der Waals surface area contributed by atoms with Crippen LogP contribution in [0.5, 0.6) is 5.75 Å². The van der Waals surface area contributed by atoms with E-state index in [1.807, 2.05) is 6.07 Å². The Bertz CT molecular complexity index is 847. The van der Waals surface area contributed by atoms with Crippen molar-refractivity contribution < 1.29 is 17.9 Å². The molecule has 0 bridgehead atoms. The first-order valence-corrected chi connectivity index (χ1v) is 6.84. The van der Waals surface area contributed by atoms with Crippen LogP contribution in [0.3, 0.4) is 0 Å². The summed E-state index contributed by atoms with van der Waals surface area (Å²) in [6.07, 6.45) is -2.77. The van der Waals surface area contributed by atoms with Crippen molar-refractivity contribution in [3.05, 3.63) is 60.3 Å². The summed E-state index contributed by atoms with van der Waals surface area (Å²) in [4.78, 5) is 4.25. The van der Waals surface area contributed by atoms with E-state index >= 15 is 0 Å². The van der Waals surface area contributed by atoms with E-state index in [-0.39, 0.29) is 0 Å². The predicted octanol–water partition coefficient (Wildman–Crippen LogP) is 5.01. The number of anilines is 2. The Morgan fingerprint density at radius 3 is 2.61 bits per heavy atom. The van der Waals surface area contributed by atoms with Crippen LogP contribution in [0.15, 0.2) is 54.7 Å². The Morgan fingerprint density at radius 1 is 1.04 bits per heavy atom. The first-order valence-electron chi connectivity index (χ1n) is 6.84. The average molecular weight is 318 g/mol. The number of benzene rings is 2. The molecule has 0 radical (unpaired) electrons. The number of halogens is 3. The Kier molecular flexibility index (Phi) is 3.82. The van der Waals surface area contributed by atoms with Gasteiger partial charge in [-0.2, -0.15) is 13.2 Å². The summed E-state index contributed by atoms with van der Waals surface area (Å²) in [5.74, 6) is 0.668. The standard InChI is InChI=1S/C17H13F3N2O/c1-23-13-5-6-14-15(7-8-21-16(14)10-13)22-12-4-2-3-11(9-12)17(18,19)20/h2-10H,1H3,(H,21,22). The lowest BCUT2D eigenvalue weighted by atomic mass is 10.1. The van der Waals surface area contributed by atoms with E-state index in [2.05, 4.69) is 10.3 Å². The van der Waals surface area contributed by atoms with Gasteiger partial charge in [0.25, 0.3) is 0 Å². The summed E-state index contributed by atoms with van der Waals surface area (Å²) in [5, 5.41) is 3.81. The van der Waals surface area contributed by atoms with Crippen molar-refractivity contribution in [1.29, 1.82) is 0 Å². The van der Waals surface area contributed by atoms with E-state index in [4.69, 9.17) is 4.74 Å². The van der Waals surface area contributed by atoms with Gasteiger partial charge in [-0.15, -0.1) is 0 Å². The largest absolute Gasteiger partial charge is 0.497 e. The molecule has 6 heteroatoms. The zero-order valence-electron chi connectivity index (χ0n) is 12.2. The van der Waals surface area contributed by atoms with E-state index < -0.39 is 11.7 Å². The molecule has 0 fully saturated rings. The van der Waals surface area contributed by atoms with Gasteiger partial charge in [0.1, 0.15) is 5.75 Å². The lowest BCUT2D eigenvalue weighted by Gasteiger charge is -2.12. The summed E-state index contributed by atoms with van der Waals surface area (Å²) in [6, 6.07) is 12.2. The van der Waals surface area contributed by atoms with E-state index in [0.29, 0.717) is 22.6 Å². The number of fused-ring (bicyclic) bond motifs is 1. The van der Waals surface area contributed by atoms with E-state index in [1.54, 1.807) is 37.6 Å². The number of methoxy groups -OCH3 is 1. The maximum absolute atomic E-state index is 12.8. The molecule has 0 saturated carbocycles. The fourth-order valence-corrected chi connectivity index (χ4v) is 2.29. The smallest absolute Gasteiger partial charge is 0.416 e. The van der Waals surface area contributed by atoms with Gasteiger partial charge in [-0.3, -0.25) is 4.98 Å². The molecular formula is C17H13F3N2O. The molecule has 0 saturated heterocycles. The highest BCUT2D eigenvalue weighted by atomic mass is 19.4. The number of nitrogens with zero attached hydrogens (tertiary/aromatic N) is 1. The number of alkyl halides is 3. The molecule has 0 aliphatic heterocycles. The normalized spacial score (nSPS) is 11.5. The Balaban J connectivity index is 1.99. The third-order valence-corrected chi connectivity index (χ3v) is 3.42. The number of rotatable bonds is 3. The van der Waals surface area contributed by atoms with Crippen LogP contribution < -0.4 is 10.1 Å². The number of pyridine rings is 1. The third kappa shape index (κ3) is 3.21. The van der Waals surface area contributed by atoms with Gasteiger partial charge in [0.05, 0.1) is 18.2 Å². The molecule has 0 unspecified atom stereocenters. The minimum atomic E-state index is -4.37. The molecular weight excluding hydrogens is 305 g/mol. The van der Waals surface area contributed by atoms with Crippen LogP contribution in [0.25, 0.3) is 10.9 Å². The van der Waals surface area contributed by atoms with Crippen molar-refractivity contribution in [3.63, 3.8) is 0 Å². The van der Waals surface area contributed by atoms with Crippen molar-refractivity contribution in [1.82, 2.24) is 4.98 Å². The van der Waals surface area contributed by atoms with Crippen molar-refractivity contribution in [3.8, 4) is 5.75 Å². The van der Waals surface area contributed by atoms with Crippen LogP contribution in [0.1, 0.15) is 5.56 Å². The molecule has 3 aromatic rings. The van der Waals surface area contributed by atoms with Crippen molar-refractivity contribution in [2.24, 2.45) is 0 Å². The van der Waals surface area contributed by atoms with Crippen LogP contribution in [0.4, 0.5) is 24.5 Å². The van der Waals surface area contributed by atoms with Gasteiger partial charge in [0, 0.05) is 29.0 Å². The summed E-state index contributed by atoms with van der Waals surface area (Å²) >= 11 is 0. The molecule has 1 aromatic heterocycles. The van der Waals surface area contributed by atoms with Gasteiger partial charge in [-0.25, -0.2) is 0 Å². The number of aromatic nitrogens is 1. The third-order valence-electron chi connectivity index (χ3n) is 3.42. The van der Waals surface area contributed by atoms with Gasteiger partial charge in [0.15, 0.2) is 0 Å². The monoisotopic (exact) mass is 318 g/mol. The molecule has 23 heavy (non-hydrogen) atoms. The quantitative estimate of drug-likeness (QED) is 0.737. The summed E-state index contributed by atoms with van der Waals surface area (Å²) in [7, 11) is 1.56. The summed E-state index contributed by atoms with van der Waals surface area (Å²) < 4.78 is 43.5. The number of ether oxygens (including phenoxy) is 1. The molecule has 0 aliphatic carbocycles. The second kappa shape index (κ2) is 5.79. The SMILES string of the molecule is COc1ccc2c(Nc3cccc(C(F)(F)F)c3)ccnc2c1. The highest BCUT2D eigenvalue weighted by molar-refractivity contribution is 5.93. The van der Waals surface area contributed by atoms with Gasteiger partial charge in [-0.1, -0.05) is 6.07 Å². The van der Waals surface area contributed by atoms with Crippen LogP contribution in [-0.2, 0) is 6.18 Å². The van der Waals surface area contributed by atoms with Gasteiger partial charge in [0.2, 0.25) is 0 Å². The molecule has 0 amide bonds. The van der Waals surface area contributed by atoms with Gasteiger partial charge in [-0.05, 0) is 36.4 Å². The lowest BCUT2D eigenvalue weighted by molar-refractivity contribution is -0.137. The molecule has 1 heterocycles. The molecule has 3 nitrogen and oxygen atoms in total. The maximum atomic E-state index is 12.8. The van der Waals surface area contributed by atoms with Crippen LogP contribution in [0.2, 0.25) is 0 Å². The summed E-state index contributed by atoms with van der Waals surface area (Å²) in [6.45, 7) is 0. The molecule has 3 rings (SSSR count). The fraction of sp³-hybridized carbons (Fsp3) is 0.118. The molecule has 1 N–H and O–H groups in total. The van der Waals surface area contributed by atoms with E-state index in [0.717, 1.165) is 17.5 Å². The van der Waals surface area contributed by atoms with Crippen molar-refractivity contribution in [2.45, 2.75) is 6.18 Å². The number of hydrogen-bond donors (Lipinski definition) is 1. The molecule has 2 aromatic carbocycles. The highest BCUT2D eigenvalue weighted by Crippen LogP contribution is 2.32. The Morgan fingerprint density at radius 2 is 1.87 bits per heavy atom. The average Bonchev–Trinajstić information content (AvgIpc) is 2.54. The minimum Gasteiger partial charge on any atom is -0.497 e. The van der Waals surface area contributed by atoms with Crippen LogP contribution in [0, 0.1) is 0 Å². The first-order chi connectivity index (χ1) is 11.0. The Hall–Kier alpha value is -2.76. The molecule has 0 spiro atoms. The Labute approximate surface area is 130 Å². The van der Waals surface area contributed by atoms with Gasteiger partial charge < -0.3 is 10.1 Å². The first kappa shape index (κ1) is 15.1. The number of hydrogen-bond acceptors (Lipinski definition) is 3. The van der Waals surface area contributed by atoms with Crippen LogP contribution >= 0.6 is 0 Å². The topological polar surface area (TPSA) is 34.1 Å². The molecule has 0 atom stereocenters. The zero-order valence-corrected chi connectivity index (χ0v) is 12.2. The van der Waals surface area contributed by atoms with Crippen molar-refractivity contribution >= 4 is 22.3 Å². The maximum Gasteiger partial charge on any atom is 0.416 e. The lowest BCUT2D eigenvalue weighted by Crippen LogP contribution is -2.05. The predicted molar refractivity (Wildman–Crippen MR) is 83.0 cm³/mol.